The van der Waals surface area contributed by atoms with Crippen LogP contribution in [0.3, 0.4) is 0 Å². The summed E-state index contributed by atoms with van der Waals surface area (Å²) in [5.74, 6) is -0.656. The highest BCUT2D eigenvalue weighted by Gasteiger charge is 2.35. The van der Waals surface area contributed by atoms with E-state index in [1.54, 1.807) is 30.5 Å². The van der Waals surface area contributed by atoms with Crippen molar-refractivity contribution in [3.05, 3.63) is 60.0 Å². The molecule has 4 rings (SSSR count). The van der Waals surface area contributed by atoms with Crippen LogP contribution in [-0.4, -0.2) is 41.9 Å². The molecule has 0 saturated carbocycles. The first-order chi connectivity index (χ1) is 14.4. The first-order valence-corrected chi connectivity index (χ1v) is 11.0. The molecule has 1 aromatic carbocycles. The van der Waals surface area contributed by atoms with Gasteiger partial charge in [0.25, 0.3) is 10.0 Å². The zero-order chi connectivity index (χ0) is 21.1. The van der Waals surface area contributed by atoms with Crippen LogP contribution in [-0.2, 0) is 21.4 Å². The number of H-pyrrole nitrogens is 1. The molecule has 10 heteroatoms. The Hall–Kier alpha value is -2.98. The minimum absolute atomic E-state index is 0.0810. The molecule has 30 heavy (non-hydrogen) atoms. The van der Waals surface area contributed by atoms with Crippen LogP contribution in [0.2, 0.25) is 0 Å². The third kappa shape index (κ3) is 4.29. The summed E-state index contributed by atoms with van der Waals surface area (Å²) >= 11 is 0. The van der Waals surface area contributed by atoms with Crippen LogP contribution < -0.4 is 5.32 Å². The standard InChI is InChI=1S/C20H21FN4O4S/c21-16-5-3-14(4-6-16)12-22-20(26)15-2-1-11-25(13-15)30(27,28)19-8-7-18(29-19)17-9-10-23-24-17/h3-10,15H,1-2,11-13H2,(H,22,26)(H,23,24)/t15-/m1/s1. The summed E-state index contributed by atoms with van der Waals surface area (Å²) in [4.78, 5) is 12.6. The molecule has 3 aromatic rings. The Morgan fingerprint density at radius 1 is 1.23 bits per heavy atom. The van der Waals surface area contributed by atoms with Gasteiger partial charge in [-0.1, -0.05) is 12.1 Å². The van der Waals surface area contributed by atoms with Crippen molar-refractivity contribution < 1.29 is 22.0 Å². The number of aromatic amines is 1. The van der Waals surface area contributed by atoms with Crippen molar-refractivity contribution in [2.45, 2.75) is 24.5 Å². The lowest BCUT2D eigenvalue weighted by Gasteiger charge is -2.30. The van der Waals surface area contributed by atoms with Crippen molar-refractivity contribution in [1.82, 2.24) is 19.8 Å². The highest BCUT2D eigenvalue weighted by molar-refractivity contribution is 7.89. The van der Waals surface area contributed by atoms with Crippen LogP contribution in [0.4, 0.5) is 4.39 Å². The Morgan fingerprint density at radius 2 is 2.03 bits per heavy atom. The second kappa shape index (κ2) is 8.41. The smallest absolute Gasteiger partial charge is 0.276 e. The van der Waals surface area contributed by atoms with E-state index in [1.165, 1.54) is 22.5 Å². The third-order valence-corrected chi connectivity index (χ3v) is 6.82. The summed E-state index contributed by atoms with van der Waals surface area (Å²) in [6.07, 6.45) is 2.71. The van der Waals surface area contributed by atoms with Crippen molar-refractivity contribution >= 4 is 15.9 Å². The van der Waals surface area contributed by atoms with Gasteiger partial charge in [0, 0.05) is 25.8 Å². The molecule has 1 aliphatic heterocycles. The molecular formula is C20H21FN4O4S. The lowest BCUT2D eigenvalue weighted by Crippen LogP contribution is -2.45. The van der Waals surface area contributed by atoms with Crippen LogP contribution in [0, 0.1) is 11.7 Å². The summed E-state index contributed by atoms with van der Waals surface area (Å²) in [7, 11) is -3.86. The molecule has 2 N–H and O–H groups in total. The highest BCUT2D eigenvalue weighted by Crippen LogP contribution is 2.28. The Labute approximate surface area is 173 Å². The number of hydrogen-bond acceptors (Lipinski definition) is 5. The van der Waals surface area contributed by atoms with E-state index in [0.717, 1.165) is 5.56 Å². The van der Waals surface area contributed by atoms with E-state index < -0.39 is 15.9 Å². The van der Waals surface area contributed by atoms with Gasteiger partial charge in [0.2, 0.25) is 11.0 Å². The Bertz CT molecular complexity index is 1110. The van der Waals surface area contributed by atoms with Gasteiger partial charge in [-0.3, -0.25) is 9.89 Å². The topological polar surface area (TPSA) is 108 Å². The van der Waals surface area contributed by atoms with Crippen molar-refractivity contribution in [3.8, 4) is 11.5 Å². The maximum atomic E-state index is 13.0. The fourth-order valence-corrected chi connectivity index (χ4v) is 4.87. The number of hydrogen-bond donors (Lipinski definition) is 2. The highest BCUT2D eigenvalue weighted by atomic mass is 32.2. The number of halogens is 1. The van der Waals surface area contributed by atoms with Crippen LogP contribution in [0.25, 0.3) is 11.5 Å². The lowest BCUT2D eigenvalue weighted by atomic mass is 9.99. The van der Waals surface area contributed by atoms with Crippen molar-refractivity contribution in [2.24, 2.45) is 5.92 Å². The quantitative estimate of drug-likeness (QED) is 0.622. The number of carbonyl (C=O) groups excluding carboxylic acids is 1. The van der Waals surface area contributed by atoms with Gasteiger partial charge in [0.1, 0.15) is 11.5 Å². The van der Waals surface area contributed by atoms with Crippen molar-refractivity contribution in [2.75, 3.05) is 13.1 Å². The van der Waals surface area contributed by atoms with Gasteiger partial charge < -0.3 is 9.73 Å². The largest absolute Gasteiger partial charge is 0.442 e. The molecule has 0 radical (unpaired) electrons. The number of benzene rings is 1. The van der Waals surface area contributed by atoms with E-state index in [-0.39, 0.29) is 29.9 Å². The number of nitrogens with one attached hydrogen (secondary N) is 2. The van der Waals surface area contributed by atoms with Gasteiger partial charge in [-0.25, -0.2) is 12.8 Å². The van der Waals surface area contributed by atoms with E-state index >= 15 is 0 Å². The molecule has 1 amide bonds. The number of sulfonamides is 1. The van der Waals surface area contributed by atoms with Gasteiger partial charge in [-0.15, -0.1) is 0 Å². The van der Waals surface area contributed by atoms with Crippen LogP contribution >= 0.6 is 0 Å². The first-order valence-electron chi connectivity index (χ1n) is 9.55. The van der Waals surface area contributed by atoms with Gasteiger partial charge in [-0.05, 0) is 48.7 Å². The average molecular weight is 432 g/mol. The molecule has 1 atom stereocenters. The second-order valence-corrected chi connectivity index (χ2v) is 9.00. The first kappa shape index (κ1) is 20.3. The summed E-state index contributed by atoms with van der Waals surface area (Å²) in [5, 5.41) is 9.19. The maximum absolute atomic E-state index is 13.0. The van der Waals surface area contributed by atoms with Gasteiger partial charge >= 0.3 is 0 Å². The number of piperidine rings is 1. The average Bonchev–Trinajstić information content (AvgIpc) is 3.45. The molecule has 1 saturated heterocycles. The van der Waals surface area contributed by atoms with Crippen LogP contribution in [0.1, 0.15) is 18.4 Å². The predicted molar refractivity (Wildman–Crippen MR) is 106 cm³/mol. The summed E-state index contributed by atoms with van der Waals surface area (Å²) in [5.41, 5.74) is 1.35. The number of nitrogens with zero attached hydrogens (tertiary/aromatic N) is 2. The molecular weight excluding hydrogens is 411 g/mol. The summed E-state index contributed by atoms with van der Waals surface area (Å²) in [6, 6.07) is 10.5. The fraction of sp³-hybridized carbons (Fsp3) is 0.300. The Morgan fingerprint density at radius 3 is 2.77 bits per heavy atom. The van der Waals surface area contributed by atoms with Crippen molar-refractivity contribution in [1.29, 1.82) is 0 Å². The molecule has 0 aliphatic carbocycles. The zero-order valence-corrected chi connectivity index (χ0v) is 16.9. The maximum Gasteiger partial charge on any atom is 0.276 e. The van der Waals surface area contributed by atoms with Crippen LogP contribution in [0.15, 0.2) is 58.2 Å². The van der Waals surface area contributed by atoms with Gasteiger partial charge in [-0.2, -0.15) is 9.40 Å². The second-order valence-electron chi connectivity index (χ2n) is 7.14. The number of rotatable bonds is 6. The molecule has 8 nitrogen and oxygen atoms in total. The molecule has 1 fully saturated rings. The molecule has 0 bridgehead atoms. The molecule has 1 aliphatic rings. The minimum Gasteiger partial charge on any atom is -0.442 e. The van der Waals surface area contributed by atoms with E-state index in [4.69, 9.17) is 4.42 Å². The molecule has 0 unspecified atom stereocenters. The molecule has 158 valence electrons. The predicted octanol–water partition coefficient (Wildman–Crippen LogP) is 2.53. The SMILES string of the molecule is O=C(NCc1ccc(F)cc1)[C@@H]1CCCN(S(=O)(=O)c2ccc(-c3ccn[nH]3)o2)C1. The Balaban J connectivity index is 1.41. The van der Waals surface area contributed by atoms with E-state index in [0.29, 0.717) is 30.8 Å². The number of carbonyl (C=O) groups is 1. The number of amides is 1. The monoisotopic (exact) mass is 432 g/mol. The van der Waals surface area contributed by atoms with E-state index in [1.807, 2.05) is 0 Å². The zero-order valence-electron chi connectivity index (χ0n) is 16.0. The third-order valence-electron chi connectivity index (χ3n) is 5.08. The number of furan rings is 1. The van der Waals surface area contributed by atoms with Gasteiger partial charge in [0.15, 0.2) is 5.76 Å². The molecule has 0 spiro atoms. The van der Waals surface area contributed by atoms with E-state index in [2.05, 4.69) is 15.5 Å². The van der Waals surface area contributed by atoms with Crippen LogP contribution in [0.5, 0.6) is 0 Å². The summed E-state index contributed by atoms with van der Waals surface area (Å²) < 4.78 is 45.8. The normalized spacial score (nSPS) is 17.7. The number of aromatic nitrogens is 2. The Kier molecular flexibility index (Phi) is 5.69. The summed E-state index contributed by atoms with van der Waals surface area (Å²) in [6.45, 7) is 0.663. The lowest BCUT2D eigenvalue weighted by molar-refractivity contribution is -0.126. The molecule has 2 aromatic heterocycles. The minimum atomic E-state index is -3.86. The fourth-order valence-electron chi connectivity index (χ4n) is 3.43. The van der Waals surface area contributed by atoms with Gasteiger partial charge in [0.05, 0.1) is 5.92 Å². The van der Waals surface area contributed by atoms with E-state index in [9.17, 15) is 17.6 Å². The van der Waals surface area contributed by atoms with Crippen molar-refractivity contribution in [3.63, 3.8) is 0 Å². The molecule has 3 heterocycles.